The Kier molecular flexibility index (Phi) is 3.56. The van der Waals surface area contributed by atoms with Gasteiger partial charge in [-0.25, -0.2) is 0 Å². The van der Waals surface area contributed by atoms with Gasteiger partial charge in [0.1, 0.15) is 0 Å². The first-order chi connectivity index (χ1) is 6.43. The van der Waals surface area contributed by atoms with Gasteiger partial charge in [0, 0.05) is 12.1 Å². The van der Waals surface area contributed by atoms with Crippen molar-refractivity contribution in [1.82, 2.24) is 10.2 Å². The second-order valence-corrected chi connectivity index (χ2v) is 5.31. The van der Waals surface area contributed by atoms with Crippen molar-refractivity contribution in [1.29, 1.82) is 0 Å². The molecule has 1 heterocycles. The molecule has 1 aliphatic heterocycles. The molecule has 1 atom stereocenters. The fourth-order valence-electron chi connectivity index (χ4n) is 2.09. The second kappa shape index (κ2) is 4.17. The van der Waals surface area contributed by atoms with Gasteiger partial charge in [-0.05, 0) is 47.2 Å². The molecule has 0 bridgehead atoms. The van der Waals surface area contributed by atoms with Crippen LogP contribution in [0.15, 0.2) is 0 Å². The fraction of sp³-hybridized carbons (Fsp3) is 1.00. The summed E-state index contributed by atoms with van der Waals surface area (Å²) in [7, 11) is 1.92. The summed E-state index contributed by atoms with van der Waals surface area (Å²) in [5, 5.41) is 12.5. The van der Waals surface area contributed by atoms with Gasteiger partial charge in [0.05, 0.1) is 12.1 Å². The standard InChI is InChI=1S/C11H24N2O/c1-10(2)6-5-7-13(10)8-11(3,9-14)12-4/h12,14H,5-9H2,1-4H3. The van der Waals surface area contributed by atoms with Gasteiger partial charge in [0.15, 0.2) is 0 Å². The van der Waals surface area contributed by atoms with E-state index in [4.69, 9.17) is 0 Å². The summed E-state index contributed by atoms with van der Waals surface area (Å²) in [6.07, 6.45) is 2.54. The summed E-state index contributed by atoms with van der Waals surface area (Å²) in [5.41, 5.74) is 0.134. The number of likely N-dealkylation sites (N-methyl/N-ethyl adjacent to an activating group) is 1. The van der Waals surface area contributed by atoms with E-state index in [1.165, 1.54) is 12.8 Å². The first-order valence-electron chi connectivity index (χ1n) is 5.48. The third-order valence-corrected chi connectivity index (χ3v) is 3.57. The van der Waals surface area contributed by atoms with Crippen molar-refractivity contribution in [2.75, 3.05) is 26.7 Å². The van der Waals surface area contributed by atoms with E-state index in [2.05, 4.69) is 31.0 Å². The van der Waals surface area contributed by atoms with Gasteiger partial charge in [-0.15, -0.1) is 0 Å². The highest BCUT2D eigenvalue weighted by atomic mass is 16.3. The lowest BCUT2D eigenvalue weighted by molar-refractivity contribution is 0.0898. The monoisotopic (exact) mass is 200 g/mol. The summed E-state index contributed by atoms with van der Waals surface area (Å²) in [6, 6.07) is 0. The highest BCUT2D eigenvalue weighted by molar-refractivity contribution is 4.94. The number of aliphatic hydroxyl groups is 1. The first-order valence-corrected chi connectivity index (χ1v) is 5.48. The van der Waals surface area contributed by atoms with Crippen molar-refractivity contribution in [2.24, 2.45) is 0 Å². The van der Waals surface area contributed by atoms with Crippen LogP contribution in [0.3, 0.4) is 0 Å². The summed E-state index contributed by atoms with van der Waals surface area (Å²) >= 11 is 0. The van der Waals surface area contributed by atoms with Crippen LogP contribution >= 0.6 is 0 Å². The predicted octanol–water partition coefficient (Wildman–Crippen LogP) is 0.831. The third kappa shape index (κ3) is 2.47. The first kappa shape index (κ1) is 12.0. The van der Waals surface area contributed by atoms with Gasteiger partial charge in [-0.3, -0.25) is 4.90 Å². The van der Waals surface area contributed by atoms with Crippen molar-refractivity contribution in [3.8, 4) is 0 Å². The molecule has 0 aromatic rings. The third-order valence-electron chi connectivity index (χ3n) is 3.57. The molecule has 1 rings (SSSR count). The van der Waals surface area contributed by atoms with Gasteiger partial charge in [-0.2, -0.15) is 0 Å². The van der Waals surface area contributed by atoms with Crippen LogP contribution in [0.5, 0.6) is 0 Å². The highest BCUT2D eigenvalue weighted by Gasteiger charge is 2.36. The van der Waals surface area contributed by atoms with Crippen LogP contribution in [0.2, 0.25) is 0 Å². The van der Waals surface area contributed by atoms with Gasteiger partial charge >= 0.3 is 0 Å². The fourth-order valence-corrected chi connectivity index (χ4v) is 2.09. The lowest BCUT2D eigenvalue weighted by atomic mass is 9.98. The summed E-state index contributed by atoms with van der Waals surface area (Å²) in [5.74, 6) is 0. The highest BCUT2D eigenvalue weighted by Crippen LogP contribution is 2.29. The molecule has 2 N–H and O–H groups in total. The van der Waals surface area contributed by atoms with E-state index < -0.39 is 0 Å². The molecule has 0 aliphatic carbocycles. The van der Waals surface area contributed by atoms with E-state index >= 15 is 0 Å². The number of hydrogen-bond donors (Lipinski definition) is 2. The molecule has 1 saturated heterocycles. The molecule has 14 heavy (non-hydrogen) atoms. The number of rotatable bonds is 4. The van der Waals surface area contributed by atoms with Crippen molar-refractivity contribution in [3.63, 3.8) is 0 Å². The maximum atomic E-state index is 9.33. The molecule has 0 aromatic carbocycles. The molecule has 1 fully saturated rings. The quantitative estimate of drug-likeness (QED) is 0.705. The molecule has 0 spiro atoms. The molecule has 1 unspecified atom stereocenters. The van der Waals surface area contributed by atoms with E-state index in [0.29, 0.717) is 5.54 Å². The molecular weight excluding hydrogens is 176 g/mol. The van der Waals surface area contributed by atoms with E-state index in [-0.39, 0.29) is 12.1 Å². The Hall–Kier alpha value is -0.120. The largest absolute Gasteiger partial charge is 0.394 e. The number of nitrogens with zero attached hydrogens (tertiary/aromatic N) is 1. The molecular formula is C11H24N2O. The number of likely N-dealkylation sites (tertiary alicyclic amines) is 1. The zero-order chi connectivity index (χ0) is 10.8. The van der Waals surface area contributed by atoms with Crippen molar-refractivity contribution in [3.05, 3.63) is 0 Å². The Morgan fingerprint density at radius 3 is 2.50 bits per heavy atom. The minimum atomic E-state index is -0.165. The average Bonchev–Trinajstić information content (AvgIpc) is 2.46. The van der Waals surface area contributed by atoms with Crippen LogP contribution in [0, 0.1) is 0 Å². The van der Waals surface area contributed by atoms with Crippen molar-refractivity contribution >= 4 is 0 Å². The summed E-state index contributed by atoms with van der Waals surface area (Å²) in [4.78, 5) is 2.47. The van der Waals surface area contributed by atoms with E-state index in [9.17, 15) is 5.11 Å². The summed E-state index contributed by atoms with van der Waals surface area (Å²) < 4.78 is 0. The van der Waals surface area contributed by atoms with Crippen LogP contribution in [0.1, 0.15) is 33.6 Å². The Morgan fingerprint density at radius 1 is 1.50 bits per heavy atom. The Labute approximate surface area is 87.5 Å². The van der Waals surface area contributed by atoms with Gasteiger partial charge in [0.25, 0.3) is 0 Å². The molecule has 3 nitrogen and oxygen atoms in total. The second-order valence-electron chi connectivity index (χ2n) is 5.31. The van der Waals surface area contributed by atoms with Gasteiger partial charge < -0.3 is 10.4 Å². The lowest BCUT2D eigenvalue weighted by Crippen LogP contribution is -2.55. The smallest absolute Gasteiger partial charge is 0.0623 e. The lowest BCUT2D eigenvalue weighted by Gasteiger charge is -2.39. The van der Waals surface area contributed by atoms with E-state index in [1.807, 2.05) is 7.05 Å². The van der Waals surface area contributed by atoms with Crippen LogP contribution in [0.25, 0.3) is 0 Å². The SMILES string of the molecule is CNC(C)(CO)CN1CCCC1(C)C. The van der Waals surface area contributed by atoms with Gasteiger partial charge in [-0.1, -0.05) is 0 Å². The van der Waals surface area contributed by atoms with Gasteiger partial charge in [0.2, 0.25) is 0 Å². The van der Waals surface area contributed by atoms with E-state index in [0.717, 1.165) is 13.1 Å². The zero-order valence-electron chi connectivity index (χ0n) is 9.93. The van der Waals surface area contributed by atoms with E-state index in [1.54, 1.807) is 0 Å². The van der Waals surface area contributed by atoms with Crippen LogP contribution < -0.4 is 5.32 Å². The number of aliphatic hydroxyl groups excluding tert-OH is 1. The molecule has 1 aliphatic rings. The minimum Gasteiger partial charge on any atom is -0.394 e. The number of nitrogens with one attached hydrogen (secondary N) is 1. The summed E-state index contributed by atoms with van der Waals surface area (Å²) in [6.45, 7) is 8.91. The van der Waals surface area contributed by atoms with Crippen molar-refractivity contribution in [2.45, 2.75) is 44.7 Å². The topological polar surface area (TPSA) is 35.5 Å². The number of hydrogen-bond acceptors (Lipinski definition) is 3. The maximum absolute atomic E-state index is 9.33. The molecule has 3 heteroatoms. The molecule has 84 valence electrons. The molecule has 0 radical (unpaired) electrons. The average molecular weight is 200 g/mol. The Morgan fingerprint density at radius 2 is 2.14 bits per heavy atom. The molecule has 0 aromatic heterocycles. The zero-order valence-corrected chi connectivity index (χ0v) is 9.93. The minimum absolute atomic E-state index is 0.165. The molecule has 0 saturated carbocycles. The Balaban J connectivity index is 2.59. The van der Waals surface area contributed by atoms with Crippen LogP contribution in [-0.4, -0.2) is 47.8 Å². The normalized spacial score (nSPS) is 26.4. The molecule has 0 amide bonds. The predicted molar refractivity (Wildman–Crippen MR) is 59.4 cm³/mol. The maximum Gasteiger partial charge on any atom is 0.0623 e. The Bertz CT molecular complexity index is 188. The van der Waals surface area contributed by atoms with Crippen LogP contribution in [-0.2, 0) is 0 Å². The van der Waals surface area contributed by atoms with Crippen LogP contribution in [0.4, 0.5) is 0 Å². The van der Waals surface area contributed by atoms with Crippen molar-refractivity contribution < 1.29 is 5.11 Å².